The van der Waals surface area contributed by atoms with Crippen LogP contribution >= 0.6 is 12.4 Å². The van der Waals surface area contributed by atoms with Crippen LogP contribution < -0.4 is 10.6 Å². The van der Waals surface area contributed by atoms with Gasteiger partial charge in [-0.3, -0.25) is 4.79 Å². The van der Waals surface area contributed by atoms with E-state index in [-0.39, 0.29) is 35.7 Å². The quantitative estimate of drug-likeness (QED) is 0.775. The molecule has 3 N–H and O–H groups in total. The fraction of sp³-hybridized carbons (Fsp3) is 0.412. The predicted molar refractivity (Wildman–Crippen MR) is 95.1 cm³/mol. The first-order chi connectivity index (χ1) is 11.5. The van der Waals surface area contributed by atoms with Gasteiger partial charge < -0.3 is 15.7 Å². The van der Waals surface area contributed by atoms with Crippen molar-refractivity contribution in [1.29, 1.82) is 0 Å². The van der Waals surface area contributed by atoms with Gasteiger partial charge in [0.15, 0.2) is 11.4 Å². The maximum absolute atomic E-state index is 13.2. The van der Waals surface area contributed by atoms with Crippen LogP contribution in [0.4, 0.5) is 4.39 Å². The minimum Gasteiger partial charge on any atom is -0.504 e. The van der Waals surface area contributed by atoms with Crippen LogP contribution in [0.1, 0.15) is 29.4 Å². The highest BCUT2D eigenvalue weighted by atomic mass is 35.5. The van der Waals surface area contributed by atoms with Crippen LogP contribution in [0.15, 0.2) is 24.4 Å². The smallest absolute Gasteiger partial charge is 0.275 e. The first-order valence-electron chi connectivity index (χ1n) is 8.02. The van der Waals surface area contributed by atoms with Gasteiger partial charge in [-0.05, 0) is 49.6 Å². The number of hydrogen-bond donors (Lipinski definition) is 3. The molecule has 136 valence electrons. The molecular formula is C17H22ClFN4O2. The molecule has 0 spiro atoms. The minimum absolute atomic E-state index is 0. The fourth-order valence-corrected chi connectivity index (χ4v) is 2.95. The topological polar surface area (TPSA) is 79.2 Å². The minimum atomic E-state index is -0.411. The van der Waals surface area contributed by atoms with Gasteiger partial charge in [0.05, 0.1) is 11.9 Å². The third-order valence-electron chi connectivity index (χ3n) is 4.46. The van der Waals surface area contributed by atoms with Crippen molar-refractivity contribution in [2.75, 3.05) is 13.1 Å². The Morgan fingerprint density at radius 3 is 2.92 bits per heavy atom. The maximum Gasteiger partial charge on any atom is 0.275 e. The molecule has 1 fully saturated rings. The normalized spacial score (nSPS) is 20.0. The lowest BCUT2D eigenvalue weighted by Crippen LogP contribution is -2.50. The molecule has 2 heterocycles. The molecule has 1 aliphatic rings. The van der Waals surface area contributed by atoms with Crippen molar-refractivity contribution in [3.8, 4) is 11.4 Å². The monoisotopic (exact) mass is 368 g/mol. The SMILES string of the molecule is Cc1cc(F)ccc1-n1cc(O)c(C(=O)NC2CNCCC2C)n1.Cl. The number of aryl methyl sites for hydroxylation is 1. The maximum atomic E-state index is 13.2. The van der Waals surface area contributed by atoms with E-state index in [4.69, 9.17) is 0 Å². The molecule has 1 amide bonds. The Hall–Kier alpha value is -2.12. The van der Waals surface area contributed by atoms with Gasteiger partial charge in [-0.25, -0.2) is 9.07 Å². The van der Waals surface area contributed by atoms with E-state index in [1.807, 2.05) is 0 Å². The third kappa shape index (κ3) is 4.11. The summed E-state index contributed by atoms with van der Waals surface area (Å²) in [7, 11) is 0. The Morgan fingerprint density at radius 1 is 1.48 bits per heavy atom. The number of carbonyl (C=O) groups excluding carboxylic acids is 1. The molecule has 0 saturated carbocycles. The molecular weight excluding hydrogens is 347 g/mol. The van der Waals surface area contributed by atoms with Gasteiger partial charge in [-0.1, -0.05) is 6.92 Å². The zero-order valence-electron chi connectivity index (χ0n) is 14.1. The standard InChI is InChI=1S/C17H21FN4O2.ClH/c1-10-5-6-19-8-13(10)20-17(24)16-15(23)9-22(21-16)14-4-3-12(18)7-11(14)2;/h3-4,7,9-10,13,19,23H,5-6,8H2,1-2H3,(H,20,24);1H. The Kier molecular flexibility index (Phi) is 6.02. The summed E-state index contributed by atoms with van der Waals surface area (Å²) in [5, 5.41) is 20.4. The second-order valence-corrected chi connectivity index (χ2v) is 6.29. The van der Waals surface area contributed by atoms with Crippen molar-refractivity contribution in [3.63, 3.8) is 0 Å². The van der Waals surface area contributed by atoms with Gasteiger partial charge >= 0.3 is 0 Å². The van der Waals surface area contributed by atoms with Crippen molar-refractivity contribution in [2.45, 2.75) is 26.3 Å². The number of nitrogens with one attached hydrogen (secondary N) is 2. The van der Waals surface area contributed by atoms with Crippen molar-refractivity contribution >= 4 is 18.3 Å². The average Bonchev–Trinajstić information content (AvgIpc) is 2.91. The third-order valence-corrected chi connectivity index (χ3v) is 4.46. The summed E-state index contributed by atoms with van der Waals surface area (Å²) in [4.78, 5) is 12.4. The molecule has 0 bridgehead atoms. The van der Waals surface area contributed by atoms with Crippen LogP contribution in [-0.4, -0.2) is 39.9 Å². The lowest BCUT2D eigenvalue weighted by Gasteiger charge is -2.29. The van der Waals surface area contributed by atoms with E-state index in [2.05, 4.69) is 22.7 Å². The highest BCUT2D eigenvalue weighted by molar-refractivity contribution is 5.95. The summed E-state index contributed by atoms with van der Waals surface area (Å²) in [6, 6.07) is 4.26. The van der Waals surface area contributed by atoms with E-state index in [0.717, 1.165) is 13.0 Å². The lowest BCUT2D eigenvalue weighted by atomic mass is 9.95. The molecule has 0 aliphatic carbocycles. The summed E-state index contributed by atoms with van der Waals surface area (Å²) >= 11 is 0. The average molecular weight is 369 g/mol. The van der Waals surface area contributed by atoms with Crippen molar-refractivity contribution in [3.05, 3.63) is 41.5 Å². The molecule has 8 heteroatoms. The molecule has 2 unspecified atom stereocenters. The number of benzene rings is 1. The van der Waals surface area contributed by atoms with Crippen LogP contribution in [0, 0.1) is 18.7 Å². The summed E-state index contributed by atoms with van der Waals surface area (Å²) in [5.41, 5.74) is 1.24. The zero-order chi connectivity index (χ0) is 17.3. The number of amides is 1. The first-order valence-corrected chi connectivity index (χ1v) is 8.02. The van der Waals surface area contributed by atoms with E-state index in [0.29, 0.717) is 23.7 Å². The fourth-order valence-electron chi connectivity index (χ4n) is 2.95. The zero-order valence-corrected chi connectivity index (χ0v) is 14.9. The van der Waals surface area contributed by atoms with E-state index >= 15 is 0 Å². The Labute approximate surface area is 151 Å². The van der Waals surface area contributed by atoms with Crippen LogP contribution in [-0.2, 0) is 0 Å². The van der Waals surface area contributed by atoms with Crippen molar-refractivity contribution in [2.24, 2.45) is 5.92 Å². The molecule has 0 radical (unpaired) electrons. The van der Waals surface area contributed by atoms with E-state index in [9.17, 15) is 14.3 Å². The van der Waals surface area contributed by atoms with Gasteiger partial charge in [0.2, 0.25) is 0 Å². The summed E-state index contributed by atoms with van der Waals surface area (Å²) in [6.07, 6.45) is 2.35. The molecule has 1 aromatic carbocycles. The Balaban J connectivity index is 0.00000225. The molecule has 1 saturated heterocycles. The molecule has 1 aromatic heterocycles. The molecule has 6 nitrogen and oxygen atoms in total. The van der Waals surface area contributed by atoms with Gasteiger partial charge in [-0.15, -0.1) is 12.4 Å². The van der Waals surface area contributed by atoms with Crippen molar-refractivity contribution < 1.29 is 14.3 Å². The number of halogens is 2. The second-order valence-electron chi connectivity index (χ2n) is 6.29. The van der Waals surface area contributed by atoms with E-state index in [1.54, 1.807) is 13.0 Å². The summed E-state index contributed by atoms with van der Waals surface area (Å²) in [6.45, 7) is 5.47. The molecule has 2 aromatic rings. The molecule has 2 atom stereocenters. The molecule has 1 aliphatic heterocycles. The lowest BCUT2D eigenvalue weighted by molar-refractivity contribution is 0.0907. The Bertz CT molecular complexity index is 765. The highest BCUT2D eigenvalue weighted by Crippen LogP contribution is 2.21. The number of hydrogen-bond acceptors (Lipinski definition) is 4. The number of piperidine rings is 1. The number of nitrogens with zero attached hydrogens (tertiary/aromatic N) is 2. The predicted octanol–water partition coefficient (Wildman–Crippen LogP) is 2.18. The van der Waals surface area contributed by atoms with E-state index < -0.39 is 5.91 Å². The Morgan fingerprint density at radius 2 is 2.24 bits per heavy atom. The van der Waals surface area contributed by atoms with Crippen LogP contribution in [0.3, 0.4) is 0 Å². The van der Waals surface area contributed by atoms with Gasteiger partial charge in [0.25, 0.3) is 5.91 Å². The van der Waals surface area contributed by atoms with Crippen LogP contribution in [0.2, 0.25) is 0 Å². The van der Waals surface area contributed by atoms with Gasteiger partial charge in [0.1, 0.15) is 5.82 Å². The molecule has 25 heavy (non-hydrogen) atoms. The summed E-state index contributed by atoms with van der Waals surface area (Å²) in [5.74, 6) is -0.595. The van der Waals surface area contributed by atoms with E-state index in [1.165, 1.54) is 23.0 Å². The number of rotatable bonds is 3. The number of aromatic nitrogens is 2. The van der Waals surface area contributed by atoms with Crippen LogP contribution in [0.5, 0.6) is 5.75 Å². The van der Waals surface area contributed by atoms with Crippen LogP contribution in [0.25, 0.3) is 5.69 Å². The van der Waals surface area contributed by atoms with Gasteiger partial charge in [0, 0.05) is 12.6 Å². The summed E-state index contributed by atoms with van der Waals surface area (Å²) < 4.78 is 14.6. The second kappa shape index (κ2) is 7.84. The number of aromatic hydroxyl groups is 1. The largest absolute Gasteiger partial charge is 0.504 e. The van der Waals surface area contributed by atoms with Gasteiger partial charge in [-0.2, -0.15) is 5.10 Å². The highest BCUT2D eigenvalue weighted by Gasteiger charge is 2.25. The molecule has 3 rings (SSSR count). The number of carbonyl (C=O) groups is 1. The van der Waals surface area contributed by atoms with Crippen molar-refractivity contribution in [1.82, 2.24) is 20.4 Å². The first kappa shape index (κ1) is 19.2.